The third-order valence-corrected chi connectivity index (χ3v) is 3.16. The van der Waals surface area contributed by atoms with Crippen molar-refractivity contribution in [1.29, 1.82) is 0 Å². The Hall–Kier alpha value is -0.0400. The van der Waals surface area contributed by atoms with E-state index in [0.29, 0.717) is 0 Å². The molecule has 1 heterocycles. The fourth-order valence-corrected chi connectivity index (χ4v) is 2.08. The van der Waals surface area contributed by atoms with Crippen LogP contribution in [-0.2, 0) is 0 Å². The minimum absolute atomic E-state index is 1.02. The van der Waals surface area contributed by atoms with Crippen LogP contribution in [0.5, 0.6) is 0 Å². The van der Waals surface area contributed by atoms with Gasteiger partial charge in [-0.3, -0.25) is 0 Å². The fraction of sp³-hybridized carbons (Fsp3) is 1.00. The third-order valence-electron chi connectivity index (χ3n) is 3.16. The normalized spacial score (nSPS) is 33.0. The third kappa shape index (κ3) is 1.96. The lowest BCUT2D eigenvalue weighted by molar-refractivity contribution is 0.310. The average Bonchev–Trinajstić information content (AvgIpc) is 2.68. The van der Waals surface area contributed by atoms with Crippen molar-refractivity contribution in [3.8, 4) is 0 Å². The van der Waals surface area contributed by atoms with E-state index in [1.165, 1.54) is 45.3 Å². The Labute approximate surface area is 69.8 Å². The second kappa shape index (κ2) is 3.14. The summed E-state index contributed by atoms with van der Waals surface area (Å²) in [6, 6.07) is 0. The molecule has 0 bridgehead atoms. The molecule has 2 rings (SSSR count). The first-order valence-corrected chi connectivity index (χ1v) is 5.11. The zero-order valence-corrected chi connectivity index (χ0v) is 7.55. The highest BCUT2D eigenvalue weighted by molar-refractivity contribution is 4.81. The van der Waals surface area contributed by atoms with Crippen LogP contribution in [0.25, 0.3) is 0 Å². The van der Waals surface area contributed by atoms with E-state index in [4.69, 9.17) is 0 Å². The van der Waals surface area contributed by atoms with Crippen molar-refractivity contribution in [2.75, 3.05) is 19.6 Å². The van der Waals surface area contributed by atoms with Crippen LogP contribution >= 0.6 is 0 Å². The maximum absolute atomic E-state index is 2.67. The zero-order chi connectivity index (χ0) is 7.68. The number of nitrogens with zero attached hydrogens (tertiary/aromatic N) is 1. The van der Waals surface area contributed by atoms with E-state index in [2.05, 4.69) is 11.8 Å². The van der Waals surface area contributed by atoms with Gasteiger partial charge in [-0.25, -0.2) is 0 Å². The maximum Gasteiger partial charge on any atom is 0.00101 e. The molecule has 0 spiro atoms. The van der Waals surface area contributed by atoms with Crippen LogP contribution < -0.4 is 0 Å². The largest absolute Gasteiger partial charge is 0.303 e. The van der Waals surface area contributed by atoms with Crippen molar-refractivity contribution < 1.29 is 0 Å². The molecule has 0 aromatic carbocycles. The quantitative estimate of drug-likeness (QED) is 0.600. The highest BCUT2D eigenvalue weighted by atomic mass is 15.1. The second-order valence-corrected chi connectivity index (χ2v) is 4.27. The van der Waals surface area contributed by atoms with Crippen molar-refractivity contribution in [2.45, 2.75) is 32.6 Å². The molecule has 0 aromatic rings. The van der Waals surface area contributed by atoms with Crippen molar-refractivity contribution in [1.82, 2.24) is 4.90 Å². The molecule has 0 N–H and O–H groups in total. The lowest BCUT2D eigenvalue weighted by atomic mass is 10.1. The first kappa shape index (κ1) is 7.60. The van der Waals surface area contributed by atoms with Gasteiger partial charge in [-0.1, -0.05) is 13.3 Å². The Morgan fingerprint density at radius 2 is 2.00 bits per heavy atom. The zero-order valence-electron chi connectivity index (χ0n) is 7.55. The summed E-state index contributed by atoms with van der Waals surface area (Å²) in [5.41, 5.74) is 0. The van der Waals surface area contributed by atoms with Crippen LogP contribution in [0.3, 0.4) is 0 Å². The van der Waals surface area contributed by atoms with Crippen LogP contribution in [0, 0.1) is 11.8 Å². The van der Waals surface area contributed by atoms with E-state index in [1.54, 1.807) is 0 Å². The summed E-state index contributed by atoms with van der Waals surface area (Å²) >= 11 is 0. The van der Waals surface area contributed by atoms with Crippen molar-refractivity contribution in [3.63, 3.8) is 0 Å². The molecule has 1 unspecified atom stereocenters. The molecular weight excluding hydrogens is 134 g/mol. The molecule has 64 valence electrons. The number of hydrogen-bond donors (Lipinski definition) is 0. The van der Waals surface area contributed by atoms with Gasteiger partial charge in [0.2, 0.25) is 0 Å². The highest BCUT2D eigenvalue weighted by Gasteiger charge is 2.28. The van der Waals surface area contributed by atoms with Crippen LogP contribution in [0.1, 0.15) is 32.6 Å². The lowest BCUT2D eigenvalue weighted by Crippen LogP contribution is -2.22. The van der Waals surface area contributed by atoms with Gasteiger partial charge in [0.15, 0.2) is 0 Å². The summed E-state index contributed by atoms with van der Waals surface area (Å²) in [5.74, 6) is 2.11. The molecule has 0 radical (unpaired) electrons. The monoisotopic (exact) mass is 153 g/mol. The Kier molecular flexibility index (Phi) is 2.17. The van der Waals surface area contributed by atoms with Gasteiger partial charge < -0.3 is 4.90 Å². The van der Waals surface area contributed by atoms with E-state index in [9.17, 15) is 0 Å². The first-order chi connectivity index (χ1) is 5.38. The summed E-state index contributed by atoms with van der Waals surface area (Å²) in [4.78, 5) is 2.67. The lowest BCUT2D eigenvalue weighted by Gasteiger charge is -2.14. The van der Waals surface area contributed by atoms with E-state index < -0.39 is 0 Å². The van der Waals surface area contributed by atoms with Crippen LogP contribution in [0.15, 0.2) is 0 Å². The summed E-state index contributed by atoms with van der Waals surface area (Å²) in [5, 5.41) is 0. The summed E-state index contributed by atoms with van der Waals surface area (Å²) < 4.78 is 0. The molecule has 1 aliphatic heterocycles. The molecule has 1 nitrogen and oxygen atoms in total. The van der Waals surface area contributed by atoms with Crippen LogP contribution in [0.2, 0.25) is 0 Å². The number of hydrogen-bond acceptors (Lipinski definition) is 1. The average molecular weight is 153 g/mol. The van der Waals surface area contributed by atoms with E-state index >= 15 is 0 Å². The Morgan fingerprint density at radius 1 is 1.18 bits per heavy atom. The van der Waals surface area contributed by atoms with Gasteiger partial charge >= 0.3 is 0 Å². The summed E-state index contributed by atoms with van der Waals surface area (Å²) in [7, 11) is 0. The van der Waals surface area contributed by atoms with Crippen molar-refractivity contribution in [3.05, 3.63) is 0 Å². The van der Waals surface area contributed by atoms with Gasteiger partial charge in [0, 0.05) is 13.1 Å². The molecule has 2 aliphatic rings. The predicted octanol–water partition coefficient (Wildman–Crippen LogP) is 2.13. The Balaban J connectivity index is 1.70. The van der Waals surface area contributed by atoms with Crippen molar-refractivity contribution in [2.24, 2.45) is 11.8 Å². The number of rotatable bonds is 3. The van der Waals surface area contributed by atoms with Gasteiger partial charge in [-0.15, -0.1) is 0 Å². The molecule has 1 aliphatic carbocycles. The van der Waals surface area contributed by atoms with Gasteiger partial charge in [0.25, 0.3) is 0 Å². The summed E-state index contributed by atoms with van der Waals surface area (Å²) in [6.45, 7) is 6.52. The maximum atomic E-state index is 2.67. The molecule has 1 saturated carbocycles. The molecule has 0 aromatic heterocycles. The Bertz CT molecular complexity index is 129. The van der Waals surface area contributed by atoms with Crippen LogP contribution in [0.4, 0.5) is 0 Å². The molecule has 1 heteroatoms. The van der Waals surface area contributed by atoms with E-state index in [0.717, 1.165) is 11.8 Å². The summed E-state index contributed by atoms with van der Waals surface area (Å²) in [6.07, 6.45) is 5.87. The van der Waals surface area contributed by atoms with Crippen molar-refractivity contribution >= 4 is 0 Å². The minimum atomic E-state index is 1.02. The fourth-order valence-electron chi connectivity index (χ4n) is 2.08. The molecule has 2 fully saturated rings. The smallest absolute Gasteiger partial charge is 0.00101 e. The SMILES string of the molecule is CCC1CCN(CC2CC2)C1. The predicted molar refractivity (Wildman–Crippen MR) is 47.6 cm³/mol. The standard InChI is InChI=1S/C10H19N/c1-2-9-5-6-11(7-9)8-10-3-4-10/h9-10H,2-8H2,1H3. The molecule has 11 heavy (non-hydrogen) atoms. The van der Waals surface area contributed by atoms with Gasteiger partial charge in [0.1, 0.15) is 0 Å². The highest BCUT2D eigenvalue weighted by Crippen LogP contribution is 2.31. The van der Waals surface area contributed by atoms with Crippen LogP contribution in [-0.4, -0.2) is 24.5 Å². The molecule has 1 atom stereocenters. The van der Waals surface area contributed by atoms with E-state index in [-0.39, 0.29) is 0 Å². The topological polar surface area (TPSA) is 3.24 Å². The Morgan fingerprint density at radius 3 is 2.55 bits per heavy atom. The van der Waals surface area contributed by atoms with E-state index in [1.807, 2.05) is 0 Å². The first-order valence-electron chi connectivity index (χ1n) is 5.11. The molecule has 0 amide bonds. The van der Waals surface area contributed by atoms with Gasteiger partial charge in [-0.2, -0.15) is 0 Å². The minimum Gasteiger partial charge on any atom is -0.303 e. The van der Waals surface area contributed by atoms with Gasteiger partial charge in [0.05, 0.1) is 0 Å². The second-order valence-electron chi connectivity index (χ2n) is 4.27. The molecular formula is C10H19N. The number of likely N-dealkylation sites (tertiary alicyclic amines) is 1. The molecule has 1 saturated heterocycles. The van der Waals surface area contributed by atoms with Gasteiger partial charge in [-0.05, 0) is 37.6 Å².